The Morgan fingerprint density at radius 2 is 1.84 bits per heavy atom. The Morgan fingerprint density at radius 3 is 2.44 bits per heavy atom. The van der Waals surface area contributed by atoms with Crippen LogP contribution in [0.25, 0.3) is 0 Å². The van der Waals surface area contributed by atoms with Gasteiger partial charge in [0, 0.05) is 42.7 Å². The third kappa shape index (κ3) is 6.68. The van der Waals surface area contributed by atoms with E-state index >= 15 is 0 Å². The molecule has 1 aromatic carbocycles. The minimum Gasteiger partial charge on any atom is -0.379 e. The Hall–Kier alpha value is -1.57. The molecule has 1 heterocycles. The molecule has 7 heteroatoms. The van der Waals surface area contributed by atoms with Crippen molar-refractivity contribution in [1.29, 1.82) is 0 Å². The average Bonchev–Trinajstić information content (AvgIpc) is 2.60. The molecular weight excluding hydrogens is 338 g/mol. The molecule has 0 bridgehead atoms. The van der Waals surface area contributed by atoms with Crippen molar-refractivity contribution in [3.63, 3.8) is 0 Å². The van der Waals surface area contributed by atoms with Crippen LogP contribution in [0.2, 0.25) is 0 Å². The summed E-state index contributed by atoms with van der Waals surface area (Å²) in [5, 5.41) is 5.75. The van der Waals surface area contributed by atoms with E-state index in [0.717, 1.165) is 36.9 Å². The van der Waals surface area contributed by atoms with Gasteiger partial charge in [0.2, 0.25) is 11.8 Å². The summed E-state index contributed by atoms with van der Waals surface area (Å²) in [5.41, 5.74) is 0.679. The molecule has 0 saturated carbocycles. The van der Waals surface area contributed by atoms with Crippen molar-refractivity contribution in [3.8, 4) is 0 Å². The number of nitrogens with zero attached hydrogens (tertiary/aromatic N) is 1. The highest BCUT2D eigenvalue weighted by molar-refractivity contribution is 8.00. The summed E-state index contributed by atoms with van der Waals surface area (Å²) in [5.74, 6) is 0.304. The van der Waals surface area contributed by atoms with Crippen LogP contribution in [0.15, 0.2) is 29.2 Å². The predicted molar refractivity (Wildman–Crippen MR) is 101 cm³/mol. The van der Waals surface area contributed by atoms with Crippen molar-refractivity contribution in [2.75, 3.05) is 43.9 Å². The number of anilines is 1. The molecule has 1 saturated heterocycles. The number of amides is 2. The van der Waals surface area contributed by atoms with E-state index in [9.17, 15) is 9.59 Å². The fraction of sp³-hybridized carbons (Fsp3) is 0.556. The topological polar surface area (TPSA) is 70.7 Å². The van der Waals surface area contributed by atoms with Gasteiger partial charge in [-0.1, -0.05) is 0 Å². The number of ether oxygens (including phenoxy) is 1. The van der Waals surface area contributed by atoms with Crippen LogP contribution in [0.4, 0.5) is 5.69 Å². The van der Waals surface area contributed by atoms with Gasteiger partial charge < -0.3 is 15.4 Å². The van der Waals surface area contributed by atoms with E-state index in [1.807, 2.05) is 24.3 Å². The van der Waals surface area contributed by atoms with Gasteiger partial charge in [0.05, 0.1) is 19.0 Å². The summed E-state index contributed by atoms with van der Waals surface area (Å²) in [6, 6.07) is 7.48. The van der Waals surface area contributed by atoms with E-state index < -0.39 is 0 Å². The number of rotatable bonds is 7. The Labute approximate surface area is 153 Å². The van der Waals surface area contributed by atoms with Gasteiger partial charge in [-0.15, -0.1) is 11.8 Å². The quantitative estimate of drug-likeness (QED) is 0.723. The number of carbonyl (C=O) groups is 2. The Bertz CT molecular complexity index is 584. The van der Waals surface area contributed by atoms with Gasteiger partial charge in [-0.25, -0.2) is 0 Å². The standard InChI is InChI=1S/C18H27N3O3S/c1-14(22)20-15-4-6-16(7-5-15)25-12-17(23)19-13-18(2,3)21-8-10-24-11-9-21/h4-7H,8-13H2,1-3H3,(H,19,23)(H,20,22). The van der Waals surface area contributed by atoms with Crippen LogP contribution in [0, 0.1) is 0 Å². The first-order valence-electron chi connectivity index (χ1n) is 8.47. The Kier molecular flexibility index (Phi) is 7.28. The van der Waals surface area contributed by atoms with Gasteiger partial charge >= 0.3 is 0 Å². The van der Waals surface area contributed by atoms with Crippen LogP contribution in [0.5, 0.6) is 0 Å². The molecule has 0 radical (unpaired) electrons. The van der Waals surface area contributed by atoms with E-state index in [-0.39, 0.29) is 17.4 Å². The number of thioether (sulfide) groups is 1. The number of morpholine rings is 1. The summed E-state index contributed by atoms with van der Waals surface area (Å²) >= 11 is 1.48. The van der Waals surface area contributed by atoms with E-state index in [4.69, 9.17) is 4.74 Å². The number of hydrogen-bond acceptors (Lipinski definition) is 5. The van der Waals surface area contributed by atoms with Gasteiger partial charge in [0.15, 0.2) is 0 Å². The van der Waals surface area contributed by atoms with E-state index in [2.05, 4.69) is 29.4 Å². The van der Waals surface area contributed by atoms with E-state index in [0.29, 0.717) is 12.3 Å². The minimum absolute atomic E-state index is 0.0253. The highest BCUT2D eigenvalue weighted by atomic mass is 32.2. The van der Waals surface area contributed by atoms with Crippen molar-refractivity contribution in [2.45, 2.75) is 31.2 Å². The van der Waals surface area contributed by atoms with E-state index in [1.165, 1.54) is 18.7 Å². The van der Waals surface area contributed by atoms with Crippen molar-refractivity contribution in [2.24, 2.45) is 0 Å². The molecule has 0 atom stereocenters. The summed E-state index contributed by atoms with van der Waals surface area (Å²) in [7, 11) is 0. The van der Waals surface area contributed by atoms with Gasteiger partial charge in [-0.3, -0.25) is 14.5 Å². The highest BCUT2D eigenvalue weighted by Gasteiger charge is 2.28. The summed E-state index contributed by atoms with van der Waals surface area (Å²) < 4.78 is 5.38. The fourth-order valence-corrected chi connectivity index (χ4v) is 3.36. The molecule has 2 N–H and O–H groups in total. The lowest BCUT2D eigenvalue weighted by molar-refractivity contribution is -0.119. The predicted octanol–water partition coefficient (Wildman–Crippen LogP) is 1.96. The maximum atomic E-state index is 12.1. The maximum absolute atomic E-state index is 12.1. The maximum Gasteiger partial charge on any atom is 0.230 e. The Morgan fingerprint density at radius 1 is 1.20 bits per heavy atom. The number of hydrogen-bond donors (Lipinski definition) is 2. The van der Waals surface area contributed by atoms with Crippen LogP contribution >= 0.6 is 11.8 Å². The number of benzene rings is 1. The summed E-state index contributed by atoms with van der Waals surface area (Å²) in [6.07, 6.45) is 0. The van der Waals surface area contributed by atoms with Crippen molar-refractivity contribution < 1.29 is 14.3 Å². The van der Waals surface area contributed by atoms with Crippen LogP contribution in [-0.4, -0.2) is 60.9 Å². The lowest BCUT2D eigenvalue weighted by Crippen LogP contribution is -2.55. The van der Waals surface area contributed by atoms with Crippen LogP contribution < -0.4 is 10.6 Å². The molecule has 0 aliphatic carbocycles. The monoisotopic (exact) mass is 365 g/mol. The van der Waals surface area contributed by atoms with Gasteiger partial charge in [-0.2, -0.15) is 0 Å². The van der Waals surface area contributed by atoms with Gasteiger partial charge in [-0.05, 0) is 38.1 Å². The van der Waals surface area contributed by atoms with Crippen LogP contribution in [0.1, 0.15) is 20.8 Å². The molecule has 1 aliphatic heterocycles. The molecule has 1 aromatic rings. The molecule has 1 aliphatic rings. The second-order valence-electron chi connectivity index (χ2n) is 6.68. The SMILES string of the molecule is CC(=O)Nc1ccc(SCC(=O)NCC(C)(C)N2CCOCC2)cc1. The molecule has 0 unspecified atom stereocenters. The van der Waals surface area contributed by atoms with E-state index in [1.54, 1.807) is 0 Å². The van der Waals surface area contributed by atoms with Crippen LogP contribution in [-0.2, 0) is 14.3 Å². The second kappa shape index (κ2) is 9.22. The first kappa shape index (κ1) is 19.8. The first-order chi connectivity index (χ1) is 11.9. The van der Waals surface area contributed by atoms with Gasteiger partial charge in [0.25, 0.3) is 0 Å². The summed E-state index contributed by atoms with van der Waals surface area (Å²) in [4.78, 5) is 26.5. The van der Waals surface area contributed by atoms with Crippen LogP contribution in [0.3, 0.4) is 0 Å². The molecule has 25 heavy (non-hydrogen) atoms. The minimum atomic E-state index is -0.0948. The smallest absolute Gasteiger partial charge is 0.230 e. The number of carbonyl (C=O) groups excluding carboxylic acids is 2. The zero-order valence-corrected chi connectivity index (χ0v) is 15.9. The fourth-order valence-electron chi connectivity index (χ4n) is 2.63. The van der Waals surface area contributed by atoms with Crippen molar-refractivity contribution >= 4 is 29.3 Å². The van der Waals surface area contributed by atoms with Gasteiger partial charge in [0.1, 0.15) is 0 Å². The second-order valence-corrected chi connectivity index (χ2v) is 7.73. The summed E-state index contributed by atoms with van der Waals surface area (Å²) in [6.45, 7) is 9.69. The lowest BCUT2D eigenvalue weighted by Gasteiger charge is -2.40. The number of nitrogens with one attached hydrogen (secondary N) is 2. The normalized spacial score (nSPS) is 15.6. The lowest BCUT2D eigenvalue weighted by atomic mass is 10.0. The molecule has 6 nitrogen and oxygen atoms in total. The zero-order valence-electron chi connectivity index (χ0n) is 15.1. The molecule has 1 fully saturated rings. The molecule has 2 rings (SSSR count). The Balaban J connectivity index is 1.73. The van der Waals surface area contributed by atoms with Crippen molar-refractivity contribution in [1.82, 2.24) is 10.2 Å². The first-order valence-corrected chi connectivity index (χ1v) is 9.45. The van der Waals surface area contributed by atoms with Crippen molar-refractivity contribution in [3.05, 3.63) is 24.3 Å². The zero-order chi connectivity index (χ0) is 18.3. The molecule has 0 spiro atoms. The largest absolute Gasteiger partial charge is 0.379 e. The third-order valence-electron chi connectivity index (χ3n) is 4.13. The molecule has 2 amide bonds. The highest BCUT2D eigenvalue weighted by Crippen LogP contribution is 2.20. The molecule has 0 aromatic heterocycles. The molecule has 138 valence electrons. The third-order valence-corrected chi connectivity index (χ3v) is 5.14. The average molecular weight is 365 g/mol. The molecular formula is C18H27N3O3S.